The van der Waals surface area contributed by atoms with Gasteiger partial charge in [-0.15, -0.1) is 5.47 Å². The normalized spacial score (nSPS) is 26.5. The molecular formula is C24H33BN4O2. The van der Waals surface area contributed by atoms with Crippen molar-refractivity contribution in [1.29, 1.82) is 0 Å². The maximum Gasteiger partial charge on any atom is 0.253 e. The van der Waals surface area contributed by atoms with Gasteiger partial charge in [0.2, 0.25) is 0 Å². The number of hydrogen-bond donors (Lipinski definition) is 3. The summed E-state index contributed by atoms with van der Waals surface area (Å²) in [5.41, 5.74) is 4.78. The van der Waals surface area contributed by atoms with Crippen LogP contribution < -0.4 is 16.0 Å². The van der Waals surface area contributed by atoms with Gasteiger partial charge in [0.15, 0.2) is 0 Å². The molecule has 2 unspecified atom stereocenters. The Morgan fingerprint density at radius 1 is 1.19 bits per heavy atom. The van der Waals surface area contributed by atoms with E-state index in [2.05, 4.69) is 27.8 Å². The first kappa shape index (κ1) is 21.9. The molecule has 164 valence electrons. The fraction of sp³-hybridized carbons (Fsp3) is 0.583. The Balaban J connectivity index is 1.36. The van der Waals surface area contributed by atoms with Crippen molar-refractivity contribution in [2.24, 2.45) is 11.8 Å². The maximum atomic E-state index is 13.0. The van der Waals surface area contributed by atoms with E-state index in [0.717, 1.165) is 42.5 Å². The van der Waals surface area contributed by atoms with Gasteiger partial charge in [0.05, 0.1) is 5.57 Å². The van der Waals surface area contributed by atoms with Crippen LogP contribution in [0.1, 0.15) is 46.0 Å². The third-order valence-corrected chi connectivity index (χ3v) is 6.90. The van der Waals surface area contributed by atoms with Crippen molar-refractivity contribution in [3.63, 3.8) is 0 Å². The number of nitrogens with zero attached hydrogens (tertiary/aromatic N) is 1. The molecule has 6 nitrogen and oxygen atoms in total. The molecule has 0 saturated carbocycles. The Labute approximate surface area is 186 Å². The van der Waals surface area contributed by atoms with Crippen molar-refractivity contribution >= 4 is 19.7 Å². The lowest BCUT2D eigenvalue weighted by Gasteiger charge is -2.27. The smallest absolute Gasteiger partial charge is 0.253 e. The van der Waals surface area contributed by atoms with Crippen molar-refractivity contribution in [1.82, 2.24) is 20.9 Å². The van der Waals surface area contributed by atoms with Crippen molar-refractivity contribution in [3.05, 3.63) is 45.7 Å². The molecular weight excluding hydrogens is 387 g/mol. The molecule has 0 aromatic carbocycles. The molecule has 3 N–H and O–H groups in total. The van der Waals surface area contributed by atoms with Gasteiger partial charge in [-0.05, 0) is 75.2 Å². The first-order valence-corrected chi connectivity index (χ1v) is 11.6. The van der Waals surface area contributed by atoms with Gasteiger partial charge in [-0.1, -0.05) is 19.9 Å². The molecule has 2 heterocycles. The average molecular weight is 420 g/mol. The van der Waals surface area contributed by atoms with Gasteiger partial charge in [0, 0.05) is 30.1 Å². The van der Waals surface area contributed by atoms with Gasteiger partial charge in [0.25, 0.3) is 11.8 Å². The number of hydrogen-bond acceptors (Lipinski definition) is 4. The van der Waals surface area contributed by atoms with E-state index in [0.29, 0.717) is 24.2 Å². The SMILES string of the molecule is [B]C1=C2CNC(=O)C2=C(NC(=O)C2=CC=C(NCCCN3CCCC3)CC2C)CC1C. The second-order valence-electron chi connectivity index (χ2n) is 9.28. The molecule has 4 rings (SSSR count). The van der Waals surface area contributed by atoms with Crippen LogP contribution in [0.2, 0.25) is 0 Å². The summed E-state index contributed by atoms with van der Waals surface area (Å²) >= 11 is 0. The van der Waals surface area contributed by atoms with Crippen LogP contribution in [0.5, 0.6) is 0 Å². The van der Waals surface area contributed by atoms with E-state index in [1.807, 2.05) is 19.1 Å². The van der Waals surface area contributed by atoms with Gasteiger partial charge in [0.1, 0.15) is 7.85 Å². The summed E-state index contributed by atoms with van der Waals surface area (Å²) in [6, 6.07) is 0. The van der Waals surface area contributed by atoms with E-state index in [-0.39, 0.29) is 23.7 Å². The first-order chi connectivity index (χ1) is 14.9. The quantitative estimate of drug-likeness (QED) is 0.435. The topological polar surface area (TPSA) is 73.5 Å². The number of amides is 2. The van der Waals surface area contributed by atoms with Crippen molar-refractivity contribution in [3.8, 4) is 0 Å². The highest BCUT2D eigenvalue weighted by molar-refractivity contribution is 6.24. The lowest BCUT2D eigenvalue weighted by molar-refractivity contribution is -0.117. The van der Waals surface area contributed by atoms with E-state index in [4.69, 9.17) is 7.85 Å². The van der Waals surface area contributed by atoms with Crippen LogP contribution in [0, 0.1) is 11.8 Å². The highest BCUT2D eigenvalue weighted by Gasteiger charge is 2.34. The van der Waals surface area contributed by atoms with Gasteiger partial charge in [-0.2, -0.15) is 0 Å². The number of carbonyl (C=O) groups is 2. The number of carbonyl (C=O) groups excluding carboxylic acids is 2. The lowest BCUT2D eigenvalue weighted by Crippen LogP contribution is -2.33. The Hall–Kier alpha value is -2.28. The first-order valence-electron chi connectivity index (χ1n) is 11.6. The number of rotatable bonds is 7. The van der Waals surface area contributed by atoms with E-state index in [1.54, 1.807) is 0 Å². The van der Waals surface area contributed by atoms with Crippen LogP contribution in [0.15, 0.2) is 45.7 Å². The minimum Gasteiger partial charge on any atom is -0.388 e. The minimum atomic E-state index is -0.147. The fourth-order valence-electron chi connectivity index (χ4n) is 5.04. The summed E-state index contributed by atoms with van der Waals surface area (Å²) in [4.78, 5) is 27.9. The van der Waals surface area contributed by atoms with Gasteiger partial charge in [-0.3, -0.25) is 9.59 Å². The minimum absolute atomic E-state index is 0.107. The summed E-state index contributed by atoms with van der Waals surface area (Å²) in [6.45, 7) is 9.15. The van der Waals surface area contributed by atoms with Crippen LogP contribution in [0.3, 0.4) is 0 Å². The second-order valence-corrected chi connectivity index (χ2v) is 9.28. The van der Waals surface area contributed by atoms with Crippen LogP contribution in [0.4, 0.5) is 0 Å². The van der Waals surface area contributed by atoms with Gasteiger partial charge >= 0.3 is 0 Å². The summed E-state index contributed by atoms with van der Waals surface area (Å²) in [6.07, 6.45) is 9.15. The molecule has 2 radical (unpaired) electrons. The summed E-state index contributed by atoms with van der Waals surface area (Å²) in [5, 5.41) is 9.41. The monoisotopic (exact) mass is 420 g/mol. The van der Waals surface area contributed by atoms with Crippen LogP contribution in [-0.2, 0) is 9.59 Å². The van der Waals surface area contributed by atoms with E-state index in [1.165, 1.54) is 31.6 Å². The summed E-state index contributed by atoms with van der Waals surface area (Å²) in [7, 11) is 6.20. The fourth-order valence-corrected chi connectivity index (χ4v) is 5.04. The van der Waals surface area contributed by atoms with Gasteiger partial charge < -0.3 is 20.9 Å². The predicted octanol–water partition coefficient (Wildman–Crippen LogP) is 1.87. The van der Waals surface area contributed by atoms with Crippen LogP contribution >= 0.6 is 0 Å². The molecule has 0 spiro atoms. The van der Waals surface area contributed by atoms with Crippen LogP contribution in [0.25, 0.3) is 0 Å². The largest absolute Gasteiger partial charge is 0.388 e. The maximum absolute atomic E-state index is 13.0. The second kappa shape index (κ2) is 9.47. The lowest BCUT2D eigenvalue weighted by atomic mass is 9.73. The molecule has 0 bridgehead atoms. The average Bonchev–Trinajstić information content (AvgIpc) is 3.39. The number of allylic oxidation sites excluding steroid dienone is 5. The molecule has 4 aliphatic rings. The molecule has 2 saturated heterocycles. The molecule has 0 aromatic rings. The summed E-state index contributed by atoms with van der Waals surface area (Å²) < 4.78 is 0. The zero-order valence-corrected chi connectivity index (χ0v) is 18.7. The molecule has 31 heavy (non-hydrogen) atoms. The van der Waals surface area contributed by atoms with Crippen molar-refractivity contribution in [2.45, 2.75) is 46.0 Å². The predicted molar refractivity (Wildman–Crippen MR) is 123 cm³/mol. The third kappa shape index (κ3) is 4.82. The molecule has 2 aliphatic carbocycles. The molecule has 2 aliphatic heterocycles. The Morgan fingerprint density at radius 3 is 2.71 bits per heavy atom. The molecule has 2 atom stereocenters. The number of nitrogens with one attached hydrogen (secondary N) is 3. The van der Waals surface area contributed by atoms with Crippen molar-refractivity contribution in [2.75, 3.05) is 32.7 Å². The van der Waals surface area contributed by atoms with Crippen molar-refractivity contribution < 1.29 is 9.59 Å². The zero-order chi connectivity index (χ0) is 22.0. The standard InChI is InChI=1S/C24H33BN4O2/c1-15-12-17(26-8-5-11-29-9-3-4-10-29)6-7-18(15)23(30)28-20-13-16(2)22(25)19-14-27-24(31)21(19)20/h6-7,15-16,26H,3-5,8-14H2,1-2H3,(H,27,31)(H,28,30). The third-order valence-electron chi connectivity index (χ3n) is 6.90. The Kier molecular flexibility index (Phi) is 6.70. The van der Waals surface area contributed by atoms with E-state index in [9.17, 15) is 9.59 Å². The van der Waals surface area contributed by atoms with E-state index < -0.39 is 0 Å². The van der Waals surface area contributed by atoms with Crippen LogP contribution in [-0.4, -0.2) is 57.3 Å². The number of likely N-dealkylation sites (tertiary alicyclic amines) is 1. The van der Waals surface area contributed by atoms with E-state index >= 15 is 0 Å². The zero-order valence-electron chi connectivity index (χ0n) is 18.7. The molecule has 0 aromatic heterocycles. The Morgan fingerprint density at radius 2 is 1.97 bits per heavy atom. The highest BCUT2D eigenvalue weighted by Crippen LogP contribution is 2.35. The highest BCUT2D eigenvalue weighted by atomic mass is 16.2. The molecule has 7 heteroatoms. The van der Waals surface area contributed by atoms with Gasteiger partial charge in [-0.25, -0.2) is 0 Å². The summed E-state index contributed by atoms with van der Waals surface area (Å²) in [5.74, 6) is -0.0388. The Bertz CT molecular complexity index is 880. The molecule has 2 amide bonds. The number of fused-ring (bicyclic) bond motifs is 1. The molecule has 2 fully saturated rings.